The van der Waals surface area contributed by atoms with Crippen LogP contribution in [0.4, 0.5) is 10.1 Å². The largest absolute Gasteiger partial charge is 0.477 e. The molecule has 1 aromatic carbocycles. The number of rotatable bonds is 6. The fraction of sp³-hybridized carbons (Fsp3) is 0.524. The van der Waals surface area contributed by atoms with Gasteiger partial charge in [0, 0.05) is 30.3 Å². The Bertz CT molecular complexity index is 1020. The summed E-state index contributed by atoms with van der Waals surface area (Å²) in [6.07, 6.45) is 2.08. The first-order valence-electron chi connectivity index (χ1n) is 10.2. The van der Waals surface area contributed by atoms with Crippen LogP contribution in [0.15, 0.2) is 22.0 Å². The zero-order valence-corrected chi connectivity index (χ0v) is 17.5. The molecule has 2 aliphatic rings. The second-order valence-electron chi connectivity index (χ2n) is 7.97. The summed E-state index contributed by atoms with van der Waals surface area (Å²) < 4.78 is 16.9. The number of fused-ring (bicyclic) bond motifs is 3. The van der Waals surface area contributed by atoms with Crippen molar-refractivity contribution in [3.63, 3.8) is 0 Å². The van der Waals surface area contributed by atoms with Gasteiger partial charge in [0.2, 0.25) is 5.43 Å². The molecule has 2 N–H and O–H groups in total. The van der Waals surface area contributed by atoms with Gasteiger partial charge >= 0.3 is 5.97 Å². The van der Waals surface area contributed by atoms with Crippen LogP contribution in [0.3, 0.4) is 0 Å². The van der Waals surface area contributed by atoms with Gasteiger partial charge in [-0.1, -0.05) is 6.92 Å². The molecule has 1 fully saturated rings. The molecule has 2 aliphatic heterocycles. The minimum absolute atomic E-state index is 0.0408. The fourth-order valence-corrected chi connectivity index (χ4v) is 5.67. The Morgan fingerprint density at radius 2 is 2.21 bits per heavy atom. The summed E-state index contributed by atoms with van der Waals surface area (Å²) in [5, 5.41) is 13.6. The van der Waals surface area contributed by atoms with Crippen molar-refractivity contribution >= 4 is 34.3 Å². The maximum atomic E-state index is 15.0. The molecule has 2 atom stereocenters. The number of hydrogen-bond donors (Lipinski definition) is 2. The molecular weight excluding hydrogens is 393 g/mol. The molecular formula is C21H26FN3O3S. The summed E-state index contributed by atoms with van der Waals surface area (Å²) >= 11 is 1.38. The number of carbonyl (C=O) groups is 1. The molecule has 0 saturated carbocycles. The van der Waals surface area contributed by atoms with Gasteiger partial charge in [-0.3, -0.25) is 4.79 Å². The highest BCUT2D eigenvalue weighted by molar-refractivity contribution is 7.99. The number of aromatic nitrogens is 1. The number of aromatic carboxylic acids is 1. The van der Waals surface area contributed by atoms with Crippen LogP contribution in [0.2, 0.25) is 0 Å². The molecule has 0 bridgehead atoms. The fourth-order valence-electron chi connectivity index (χ4n) is 4.38. The maximum absolute atomic E-state index is 15.0. The van der Waals surface area contributed by atoms with Crippen molar-refractivity contribution in [2.24, 2.45) is 5.92 Å². The number of pyridine rings is 1. The molecule has 0 aliphatic carbocycles. The highest BCUT2D eigenvalue weighted by Crippen LogP contribution is 2.39. The third-order valence-corrected chi connectivity index (χ3v) is 7.15. The van der Waals surface area contributed by atoms with E-state index >= 15 is 4.39 Å². The van der Waals surface area contributed by atoms with E-state index in [-0.39, 0.29) is 17.0 Å². The number of halogens is 1. The lowest BCUT2D eigenvalue weighted by molar-refractivity contribution is 0.0690. The average molecular weight is 420 g/mol. The Morgan fingerprint density at radius 3 is 2.93 bits per heavy atom. The molecule has 1 saturated heterocycles. The van der Waals surface area contributed by atoms with Crippen LogP contribution in [-0.2, 0) is 0 Å². The van der Waals surface area contributed by atoms with Gasteiger partial charge in [0.05, 0.1) is 16.2 Å². The average Bonchev–Trinajstić information content (AvgIpc) is 3.29. The van der Waals surface area contributed by atoms with Gasteiger partial charge in [-0.15, -0.1) is 11.8 Å². The molecule has 1 aromatic heterocycles. The minimum Gasteiger partial charge on any atom is -0.477 e. The van der Waals surface area contributed by atoms with Crippen LogP contribution in [-0.4, -0.2) is 47.6 Å². The smallest absolute Gasteiger partial charge is 0.342 e. The second kappa shape index (κ2) is 7.99. The number of anilines is 1. The first-order valence-corrected chi connectivity index (χ1v) is 11.1. The normalized spacial score (nSPS) is 21.1. The van der Waals surface area contributed by atoms with Crippen LogP contribution in [0.1, 0.15) is 43.1 Å². The lowest BCUT2D eigenvalue weighted by Crippen LogP contribution is -2.27. The van der Waals surface area contributed by atoms with Gasteiger partial charge in [0.15, 0.2) is 0 Å². The monoisotopic (exact) mass is 419 g/mol. The zero-order chi connectivity index (χ0) is 20.7. The molecule has 0 radical (unpaired) electrons. The summed E-state index contributed by atoms with van der Waals surface area (Å²) in [4.78, 5) is 26.6. The summed E-state index contributed by atoms with van der Waals surface area (Å²) in [7, 11) is 0. The highest BCUT2D eigenvalue weighted by Gasteiger charge is 2.31. The SMILES string of the molecule is CCCNCC1CCN(c2cc3c(cc2F)c(=O)c(C(=O)O)c2n3C(C)CS2)C1. The highest BCUT2D eigenvalue weighted by atomic mass is 32.2. The zero-order valence-electron chi connectivity index (χ0n) is 16.7. The van der Waals surface area contributed by atoms with Crippen LogP contribution in [0.5, 0.6) is 0 Å². The molecule has 2 aromatic rings. The van der Waals surface area contributed by atoms with Gasteiger partial charge in [0.1, 0.15) is 11.4 Å². The van der Waals surface area contributed by atoms with Crippen molar-refractivity contribution < 1.29 is 14.3 Å². The molecule has 2 unspecified atom stereocenters. The quantitative estimate of drug-likeness (QED) is 0.700. The van der Waals surface area contributed by atoms with Gasteiger partial charge in [-0.25, -0.2) is 9.18 Å². The van der Waals surface area contributed by atoms with Gasteiger partial charge < -0.3 is 19.9 Å². The predicted molar refractivity (Wildman–Crippen MR) is 114 cm³/mol. The van der Waals surface area contributed by atoms with Gasteiger partial charge in [-0.2, -0.15) is 0 Å². The Morgan fingerprint density at radius 1 is 1.41 bits per heavy atom. The van der Waals surface area contributed by atoms with Gasteiger partial charge in [-0.05, 0) is 50.9 Å². The molecule has 156 valence electrons. The van der Waals surface area contributed by atoms with E-state index in [4.69, 9.17) is 0 Å². The Labute approximate surface area is 173 Å². The van der Waals surface area contributed by atoms with E-state index in [1.54, 1.807) is 6.07 Å². The van der Waals surface area contributed by atoms with Crippen LogP contribution >= 0.6 is 11.8 Å². The van der Waals surface area contributed by atoms with Crippen molar-refractivity contribution in [1.82, 2.24) is 9.88 Å². The summed E-state index contributed by atoms with van der Waals surface area (Å²) in [6, 6.07) is 3.01. The molecule has 29 heavy (non-hydrogen) atoms. The molecule has 3 heterocycles. The van der Waals surface area contributed by atoms with E-state index < -0.39 is 17.2 Å². The number of thioether (sulfide) groups is 1. The van der Waals surface area contributed by atoms with Crippen molar-refractivity contribution in [3.05, 3.63) is 33.7 Å². The predicted octanol–water partition coefficient (Wildman–Crippen LogP) is 3.33. The van der Waals surface area contributed by atoms with E-state index in [2.05, 4.69) is 12.2 Å². The lowest BCUT2D eigenvalue weighted by atomic mass is 10.1. The molecule has 6 nitrogen and oxygen atoms in total. The number of nitrogens with one attached hydrogen (secondary N) is 1. The Kier molecular flexibility index (Phi) is 5.57. The number of hydrogen-bond acceptors (Lipinski definition) is 5. The maximum Gasteiger partial charge on any atom is 0.342 e. The molecule has 8 heteroatoms. The second-order valence-corrected chi connectivity index (χ2v) is 8.98. The first kappa shape index (κ1) is 20.2. The number of nitrogens with zero attached hydrogens (tertiary/aromatic N) is 2. The van der Waals surface area contributed by atoms with Crippen LogP contribution in [0, 0.1) is 11.7 Å². The molecule has 0 amide bonds. The van der Waals surface area contributed by atoms with E-state index in [0.717, 1.165) is 39.0 Å². The van der Waals surface area contributed by atoms with Crippen molar-refractivity contribution in [1.29, 1.82) is 0 Å². The van der Waals surface area contributed by atoms with Crippen molar-refractivity contribution in [2.75, 3.05) is 36.8 Å². The van der Waals surface area contributed by atoms with Crippen LogP contribution in [0.25, 0.3) is 10.9 Å². The third-order valence-electron chi connectivity index (χ3n) is 5.83. The number of benzene rings is 1. The third kappa shape index (κ3) is 3.53. The summed E-state index contributed by atoms with van der Waals surface area (Å²) in [5.74, 6) is -0.560. The van der Waals surface area contributed by atoms with E-state index in [1.807, 2.05) is 16.4 Å². The standard InChI is InChI=1S/C21H26FN3O3S/c1-3-5-23-9-13-4-6-24(10-13)17-8-16-14(7-15(17)22)19(26)18(21(27)28)20-25(16)12(2)11-29-20/h7-8,12-13,23H,3-6,9-11H2,1-2H3,(H,27,28). The summed E-state index contributed by atoms with van der Waals surface area (Å²) in [5.41, 5.74) is 0.268. The number of carboxylic acids is 1. The lowest BCUT2D eigenvalue weighted by Gasteiger charge is -2.22. The minimum atomic E-state index is -1.26. The molecule has 0 spiro atoms. The number of carboxylic acid groups (broad SMARTS) is 1. The van der Waals surface area contributed by atoms with E-state index in [9.17, 15) is 14.7 Å². The first-order chi connectivity index (χ1) is 13.9. The summed E-state index contributed by atoms with van der Waals surface area (Å²) in [6.45, 7) is 7.58. The van der Waals surface area contributed by atoms with Gasteiger partial charge in [0.25, 0.3) is 0 Å². The van der Waals surface area contributed by atoms with Crippen molar-refractivity contribution in [2.45, 2.75) is 37.8 Å². The van der Waals surface area contributed by atoms with Crippen molar-refractivity contribution in [3.8, 4) is 0 Å². The van der Waals surface area contributed by atoms with E-state index in [1.165, 1.54) is 17.8 Å². The van der Waals surface area contributed by atoms with E-state index in [0.29, 0.717) is 27.9 Å². The topological polar surface area (TPSA) is 74.6 Å². The Balaban J connectivity index is 1.76. The Hall–Kier alpha value is -2.06. The molecule has 4 rings (SSSR count). The van der Waals surface area contributed by atoms with Crippen LogP contribution < -0.4 is 15.6 Å².